The lowest BCUT2D eigenvalue weighted by Crippen LogP contribution is -2.16. The topological polar surface area (TPSA) is 65.1 Å². The Labute approximate surface area is 174 Å². The zero-order chi connectivity index (χ0) is 21.6. The predicted octanol–water partition coefficient (Wildman–Crippen LogP) is 5.57. The maximum Gasteiger partial charge on any atom is 0.416 e. The summed E-state index contributed by atoms with van der Waals surface area (Å²) in [5.41, 5.74) is -0.987. The molecule has 0 bridgehead atoms. The van der Waals surface area contributed by atoms with Crippen LogP contribution in [0.25, 0.3) is 0 Å². The zero-order valence-electron chi connectivity index (χ0n) is 15.0. The molecule has 0 radical (unpaired) electrons. The van der Waals surface area contributed by atoms with Gasteiger partial charge in [0, 0.05) is 0 Å². The van der Waals surface area contributed by atoms with E-state index in [9.17, 15) is 22.8 Å². The maximum atomic E-state index is 12.7. The average molecular weight is 451 g/mol. The molecule has 0 spiro atoms. The van der Waals surface area contributed by atoms with Crippen LogP contribution in [0.3, 0.4) is 0 Å². The van der Waals surface area contributed by atoms with Crippen LogP contribution < -0.4 is 4.74 Å². The minimum Gasteiger partial charge on any atom is -0.456 e. The minimum absolute atomic E-state index is 0.0393. The van der Waals surface area contributed by atoms with Crippen molar-refractivity contribution in [3.63, 3.8) is 0 Å². The second-order valence-electron chi connectivity index (χ2n) is 5.75. The summed E-state index contributed by atoms with van der Waals surface area (Å²) in [7, 11) is 0. The Bertz CT molecular complexity index is 882. The molecule has 29 heavy (non-hydrogen) atoms. The van der Waals surface area contributed by atoms with Crippen LogP contribution in [0, 0.1) is 0 Å². The number of carbonyl (C=O) groups excluding carboxylic acids is 2. The molecule has 0 N–H and O–H groups in total. The summed E-state index contributed by atoms with van der Waals surface area (Å²) in [5, 5.41) is -0.201. The van der Waals surface area contributed by atoms with Gasteiger partial charge in [-0.25, -0.2) is 4.79 Å². The number of aldehydes is 1. The number of carbonyl (C=O) groups is 2. The van der Waals surface area contributed by atoms with E-state index in [1.165, 1.54) is 25.1 Å². The minimum atomic E-state index is -4.53. The van der Waals surface area contributed by atoms with E-state index in [1.807, 2.05) is 0 Å². The summed E-state index contributed by atoms with van der Waals surface area (Å²) in [6, 6.07) is 6.58. The summed E-state index contributed by atoms with van der Waals surface area (Å²) in [5.74, 6) is -0.789. The number of rotatable bonds is 5. The van der Waals surface area contributed by atoms with Crippen LogP contribution in [0.5, 0.6) is 11.5 Å². The number of halogens is 5. The van der Waals surface area contributed by atoms with Gasteiger partial charge in [0.05, 0.1) is 34.4 Å². The van der Waals surface area contributed by atoms with Gasteiger partial charge in [-0.05, 0) is 43.3 Å². The first kappa shape index (κ1) is 23.0. The Balaban J connectivity index is 0.000000912. The van der Waals surface area contributed by atoms with Crippen molar-refractivity contribution < 1.29 is 37.0 Å². The summed E-state index contributed by atoms with van der Waals surface area (Å²) in [6.45, 7) is 3.38. The number of alkyl halides is 3. The lowest BCUT2D eigenvalue weighted by atomic mass is 10.2. The van der Waals surface area contributed by atoms with Crippen molar-refractivity contribution in [3.8, 4) is 11.5 Å². The highest BCUT2D eigenvalue weighted by atomic mass is 35.5. The molecule has 1 atom stereocenters. The van der Waals surface area contributed by atoms with E-state index >= 15 is 0 Å². The average Bonchev–Trinajstić information content (AvgIpc) is 3.53. The van der Waals surface area contributed by atoms with E-state index in [1.54, 1.807) is 0 Å². The van der Waals surface area contributed by atoms with E-state index in [2.05, 4.69) is 4.74 Å². The molecule has 0 aromatic heterocycles. The van der Waals surface area contributed by atoms with Crippen molar-refractivity contribution in [1.29, 1.82) is 0 Å². The van der Waals surface area contributed by atoms with E-state index in [4.69, 9.17) is 32.7 Å². The third-order valence-corrected chi connectivity index (χ3v) is 3.96. The fourth-order valence-corrected chi connectivity index (χ4v) is 2.29. The van der Waals surface area contributed by atoms with Gasteiger partial charge in [-0.1, -0.05) is 23.2 Å². The molecule has 10 heteroatoms. The molecule has 0 aliphatic carbocycles. The quantitative estimate of drug-likeness (QED) is 0.338. The van der Waals surface area contributed by atoms with E-state index < -0.39 is 23.8 Å². The van der Waals surface area contributed by atoms with Crippen molar-refractivity contribution in [2.45, 2.75) is 19.2 Å². The molecule has 1 fully saturated rings. The van der Waals surface area contributed by atoms with Gasteiger partial charge in [0.25, 0.3) is 0 Å². The molecule has 0 saturated carbocycles. The second kappa shape index (κ2) is 9.96. The maximum absolute atomic E-state index is 12.7. The van der Waals surface area contributed by atoms with Crippen molar-refractivity contribution >= 4 is 35.5 Å². The number of hydrogen-bond donors (Lipinski definition) is 0. The lowest BCUT2D eigenvalue weighted by molar-refractivity contribution is -0.137. The number of epoxide rings is 1. The van der Waals surface area contributed by atoms with Gasteiger partial charge in [0.2, 0.25) is 0 Å². The zero-order valence-corrected chi connectivity index (χ0v) is 16.5. The highest BCUT2D eigenvalue weighted by molar-refractivity contribution is 6.33. The Morgan fingerprint density at radius 1 is 1.14 bits per heavy atom. The van der Waals surface area contributed by atoms with Crippen molar-refractivity contribution in [2.24, 2.45) is 0 Å². The van der Waals surface area contributed by atoms with Crippen LogP contribution in [-0.4, -0.2) is 31.6 Å². The molecule has 1 aliphatic heterocycles. The molecule has 156 valence electrons. The van der Waals surface area contributed by atoms with E-state index in [0.717, 1.165) is 31.4 Å². The van der Waals surface area contributed by atoms with Gasteiger partial charge in [-0.3, -0.25) is 4.79 Å². The van der Waals surface area contributed by atoms with Crippen LogP contribution in [0.15, 0.2) is 36.4 Å². The van der Waals surface area contributed by atoms with Crippen LogP contribution in [0.4, 0.5) is 13.2 Å². The highest BCUT2D eigenvalue weighted by Gasteiger charge is 2.31. The van der Waals surface area contributed by atoms with E-state index in [-0.39, 0.29) is 27.1 Å². The SMILES string of the molecule is C1CO1.CC(C=O)OC(=O)c1cc(Oc2ccc(C(F)(F)F)cc2Cl)ccc1Cl. The van der Waals surface area contributed by atoms with Crippen molar-refractivity contribution in [2.75, 3.05) is 13.2 Å². The summed E-state index contributed by atoms with van der Waals surface area (Å²) in [6.07, 6.45) is -5.06. The third-order valence-electron chi connectivity index (χ3n) is 3.33. The summed E-state index contributed by atoms with van der Waals surface area (Å²) >= 11 is 11.8. The smallest absolute Gasteiger partial charge is 0.416 e. The fraction of sp³-hybridized carbons (Fsp3) is 0.263. The molecule has 1 saturated heterocycles. The molecule has 5 nitrogen and oxygen atoms in total. The fourth-order valence-electron chi connectivity index (χ4n) is 1.87. The number of hydrogen-bond acceptors (Lipinski definition) is 5. The normalized spacial score (nSPS) is 13.6. The Morgan fingerprint density at radius 2 is 1.79 bits per heavy atom. The largest absolute Gasteiger partial charge is 0.456 e. The number of benzene rings is 2. The standard InChI is InChI=1S/C17H11Cl2F3O4.C2H4O/c1-9(8-23)25-16(24)12-7-11(3-4-13(12)18)26-15-5-2-10(6-14(15)19)17(20,21)22;1-2-3-1/h2-9H,1H3;1-2H2. The van der Waals surface area contributed by atoms with Crippen molar-refractivity contribution in [1.82, 2.24) is 0 Å². The van der Waals surface area contributed by atoms with Gasteiger partial charge in [0.1, 0.15) is 11.5 Å². The van der Waals surface area contributed by atoms with E-state index in [0.29, 0.717) is 6.29 Å². The van der Waals surface area contributed by atoms with Crippen LogP contribution in [0.1, 0.15) is 22.8 Å². The van der Waals surface area contributed by atoms with Gasteiger partial charge in [-0.15, -0.1) is 0 Å². The molecule has 3 rings (SSSR count). The molecule has 2 aromatic rings. The first-order valence-electron chi connectivity index (χ1n) is 8.20. The first-order chi connectivity index (χ1) is 13.6. The summed E-state index contributed by atoms with van der Waals surface area (Å²) in [4.78, 5) is 22.6. The predicted molar refractivity (Wildman–Crippen MR) is 99.7 cm³/mol. The van der Waals surface area contributed by atoms with Crippen molar-refractivity contribution in [3.05, 3.63) is 57.6 Å². The molecule has 1 unspecified atom stereocenters. The Morgan fingerprint density at radius 3 is 2.31 bits per heavy atom. The molecular weight excluding hydrogens is 436 g/mol. The molecule has 0 amide bonds. The number of esters is 1. The molecular formula is C19H15Cl2F3O5. The van der Waals surface area contributed by atoms with Crippen LogP contribution in [0.2, 0.25) is 10.0 Å². The third kappa shape index (κ3) is 7.23. The van der Waals surface area contributed by atoms with Crippen LogP contribution >= 0.6 is 23.2 Å². The summed E-state index contributed by atoms with van der Waals surface area (Å²) < 4.78 is 52.7. The molecule has 2 aromatic carbocycles. The molecule has 1 heterocycles. The van der Waals surface area contributed by atoms with Crippen LogP contribution in [-0.2, 0) is 20.4 Å². The molecule has 1 aliphatic rings. The monoisotopic (exact) mass is 450 g/mol. The van der Waals surface area contributed by atoms with Gasteiger partial charge >= 0.3 is 12.1 Å². The second-order valence-corrected chi connectivity index (χ2v) is 6.56. The highest BCUT2D eigenvalue weighted by Crippen LogP contribution is 2.37. The first-order valence-corrected chi connectivity index (χ1v) is 8.95. The van der Waals surface area contributed by atoms with Gasteiger partial charge in [0.15, 0.2) is 12.4 Å². The number of ether oxygens (including phenoxy) is 3. The Kier molecular flexibility index (Phi) is 7.89. The van der Waals surface area contributed by atoms with Gasteiger partial charge in [-0.2, -0.15) is 13.2 Å². The van der Waals surface area contributed by atoms with Gasteiger partial charge < -0.3 is 14.2 Å². The Hall–Kier alpha value is -2.29. The lowest BCUT2D eigenvalue weighted by Gasteiger charge is -2.13.